The van der Waals surface area contributed by atoms with Crippen molar-refractivity contribution >= 4 is 18.0 Å². The van der Waals surface area contributed by atoms with Gasteiger partial charge in [0.15, 0.2) is 0 Å². The molecule has 6 nitrogen and oxygen atoms in total. The van der Waals surface area contributed by atoms with E-state index in [9.17, 15) is 9.59 Å². The van der Waals surface area contributed by atoms with Crippen molar-refractivity contribution in [1.82, 2.24) is 10.7 Å². The van der Waals surface area contributed by atoms with E-state index < -0.39 is 11.8 Å². The first-order valence-electron chi connectivity index (χ1n) is 7.43. The summed E-state index contributed by atoms with van der Waals surface area (Å²) < 4.78 is 5.05. The maximum absolute atomic E-state index is 11.8. The van der Waals surface area contributed by atoms with Gasteiger partial charge < -0.3 is 10.1 Å². The fourth-order valence-corrected chi connectivity index (χ4v) is 1.99. The van der Waals surface area contributed by atoms with Crippen molar-refractivity contribution in [2.45, 2.75) is 13.0 Å². The lowest BCUT2D eigenvalue weighted by Crippen LogP contribution is -2.39. The zero-order valence-electron chi connectivity index (χ0n) is 13.5. The third kappa shape index (κ3) is 4.95. The molecule has 0 saturated heterocycles. The number of nitrogens with zero attached hydrogens (tertiary/aromatic N) is 1. The zero-order valence-corrected chi connectivity index (χ0v) is 13.5. The van der Waals surface area contributed by atoms with Gasteiger partial charge in [-0.05, 0) is 42.3 Å². The highest BCUT2D eigenvalue weighted by Crippen LogP contribution is 2.11. The first-order valence-corrected chi connectivity index (χ1v) is 7.43. The smallest absolute Gasteiger partial charge is 0.329 e. The summed E-state index contributed by atoms with van der Waals surface area (Å²) in [6, 6.07) is 16.2. The predicted molar refractivity (Wildman–Crippen MR) is 91.7 cm³/mol. The summed E-state index contributed by atoms with van der Waals surface area (Å²) in [5.74, 6) is -0.828. The Labute approximate surface area is 140 Å². The number of ether oxygens (including phenoxy) is 1. The van der Waals surface area contributed by atoms with E-state index in [1.54, 1.807) is 38.3 Å². The van der Waals surface area contributed by atoms with E-state index in [2.05, 4.69) is 15.8 Å². The lowest BCUT2D eigenvalue weighted by atomic mass is 10.1. The average Bonchev–Trinajstić information content (AvgIpc) is 2.62. The Hall–Kier alpha value is -3.15. The van der Waals surface area contributed by atoms with Crippen LogP contribution in [0.1, 0.15) is 24.1 Å². The van der Waals surface area contributed by atoms with Crippen molar-refractivity contribution in [1.29, 1.82) is 0 Å². The summed E-state index contributed by atoms with van der Waals surface area (Å²) in [5, 5.41) is 6.39. The molecule has 0 radical (unpaired) electrons. The zero-order chi connectivity index (χ0) is 17.4. The third-order valence-corrected chi connectivity index (χ3v) is 3.35. The number of hydrazone groups is 1. The Morgan fingerprint density at radius 2 is 1.71 bits per heavy atom. The molecule has 24 heavy (non-hydrogen) atoms. The first-order chi connectivity index (χ1) is 11.6. The first kappa shape index (κ1) is 17.2. The minimum absolute atomic E-state index is 0.269. The minimum Gasteiger partial charge on any atom is -0.497 e. The quantitative estimate of drug-likeness (QED) is 0.501. The second-order valence-corrected chi connectivity index (χ2v) is 5.08. The largest absolute Gasteiger partial charge is 0.497 e. The van der Waals surface area contributed by atoms with E-state index in [0.29, 0.717) is 0 Å². The van der Waals surface area contributed by atoms with E-state index in [1.165, 1.54) is 6.21 Å². The van der Waals surface area contributed by atoms with Crippen molar-refractivity contribution < 1.29 is 14.3 Å². The van der Waals surface area contributed by atoms with Crippen LogP contribution in [0.25, 0.3) is 0 Å². The second-order valence-electron chi connectivity index (χ2n) is 5.08. The third-order valence-electron chi connectivity index (χ3n) is 3.35. The van der Waals surface area contributed by atoms with Gasteiger partial charge in [0.25, 0.3) is 0 Å². The fraction of sp³-hybridized carbons (Fsp3) is 0.167. The van der Waals surface area contributed by atoms with Gasteiger partial charge in [0, 0.05) is 0 Å². The molecule has 6 heteroatoms. The Bertz CT molecular complexity index is 712. The molecule has 2 amide bonds. The normalized spacial score (nSPS) is 11.8. The molecule has 0 spiro atoms. The van der Waals surface area contributed by atoms with E-state index in [1.807, 2.05) is 30.3 Å². The van der Waals surface area contributed by atoms with E-state index in [-0.39, 0.29) is 6.04 Å². The highest BCUT2D eigenvalue weighted by atomic mass is 16.5. The molecule has 0 unspecified atom stereocenters. The van der Waals surface area contributed by atoms with Crippen molar-refractivity contribution in [2.75, 3.05) is 7.11 Å². The van der Waals surface area contributed by atoms with E-state index in [4.69, 9.17) is 4.74 Å². The number of carbonyl (C=O) groups excluding carboxylic acids is 2. The number of hydrogen-bond donors (Lipinski definition) is 2. The molecule has 0 aromatic heterocycles. The molecule has 0 fully saturated rings. The van der Waals surface area contributed by atoms with Crippen LogP contribution >= 0.6 is 0 Å². The highest BCUT2D eigenvalue weighted by molar-refractivity contribution is 6.35. The molecule has 0 bridgehead atoms. The Balaban J connectivity index is 1.84. The Kier molecular flexibility index (Phi) is 6.08. The summed E-state index contributed by atoms with van der Waals surface area (Å²) in [7, 11) is 1.58. The number of hydrogen-bond acceptors (Lipinski definition) is 4. The van der Waals surface area contributed by atoms with Gasteiger partial charge in [-0.3, -0.25) is 9.59 Å². The standard InChI is InChI=1S/C18H19N3O3/c1-13(15-6-4-3-5-7-15)20-17(22)18(23)21-19-12-14-8-10-16(24-2)11-9-14/h3-13H,1-2H3,(H,20,22)(H,21,23)/t13-/m0/s1. The van der Waals surface area contributed by atoms with Crippen LogP contribution < -0.4 is 15.5 Å². The molecule has 0 heterocycles. The van der Waals surface area contributed by atoms with Gasteiger partial charge in [-0.15, -0.1) is 0 Å². The average molecular weight is 325 g/mol. The topological polar surface area (TPSA) is 79.8 Å². The number of benzene rings is 2. The SMILES string of the molecule is COc1ccc(C=NNC(=O)C(=O)N[C@@H](C)c2ccccc2)cc1. The van der Waals surface area contributed by atoms with Crippen molar-refractivity contribution in [3.05, 3.63) is 65.7 Å². The number of nitrogens with one attached hydrogen (secondary N) is 2. The molecule has 0 saturated carbocycles. The van der Waals surface area contributed by atoms with Gasteiger partial charge in [-0.25, -0.2) is 5.43 Å². The monoisotopic (exact) mass is 325 g/mol. The van der Waals surface area contributed by atoms with Crippen LogP contribution in [0, 0.1) is 0 Å². The van der Waals surface area contributed by atoms with Crippen LogP contribution in [0.15, 0.2) is 59.7 Å². The molecule has 1 atom stereocenters. The number of amides is 2. The van der Waals surface area contributed by atoms with Gasteiger partial charge in [0.05, 0.1) is 19.4 Å². The van der Waals surface area contributed by atoms with Gasteiger partial charge in [0.2, 0.25) is 0 Å². The summed E-state index contributed by atoms with van der Waals surface area (Å²) >= 11 is 0. The molecule has 2 aromatic rings. The molecular formula is C18H19N3O3. The summed E-state index contributed by atoms with van der Waals surface area (Å²) in [6.45, 7) is 1.81. The minimum atomic E-state index is -0.817. The lowest BCUT2D eigenvalue weighted by molar-refractivity contribution is -0.139. The molecule has 2 rings (SSSR count). The highest BCUT2D eigenvalue weighted by Gasteiger charge is 2.16. The van der Waals surface area contributed by atoms with E-state index >= 15 is 0 Å². The number of methoxy groups -OCH3 is 1. The van der Waals surface area contributed by atoms with Crippen molar-refractivity contribution in [2.24, 2.45) is 5.10 Å². The predicted octanol–water partition coefficient (Wildman–Crippen LogP) is 2.02. The lowest BCUT2D eigenvalue weighted by Gasteiger charge is -2.13. The van der Waals surface area contributed by atoms with Crippen LogP contribution in [0.4, 0.5) is 0 Å². The number of carbonyl (C=O) groups is 2. The van der Waals surface area contributed by atoms with Crippen LogP contribution in [0.5, 0.6) is 5.75 Å². The Morgan fingerprint density at radius 1 is 1.04 bits per heavy atom. The van der Waals surface area contributed by atoms with Gasteiger partial charge >= 0.3 is 11.8 Å². The molecule has 0 aliphatic heterocycles. The van der Waals surface area contributed by atoms with E-state index in [0.717, 1.165) is 16.9 Å². The maximum atomic E-state index is 11.8. The van der Waals surface area contributed by atoms with Crippen LogP contribution in [-0.2, 0) is 9.59 Å². The van der Waals surface area contributed by atoms with Crippen molar-refractivity contribution in [3.63, 3.8) is 0 Å². The van der Waals surface area contributed by atoms with Gasteiger partial charge in [-0.1, -0.05) is 30.3 Å². The molecule has 124 valence electrons. The molecule has 0 aliphatic carbocycles. The van der Waals surface area contributed by atoms with Crippen LogP contribution in [-0.4, -0.2) is 25.1 Å². The van der Waals surface area contributed by atoms with Crippen LogP contribution in [0.3, 0.4) is 0 Å². The Morgan fingerprint density at radius 3 is 2.33 bits per heavy atom. The molecular weight excluding hydrogens is 306 g/mol. The van der Waals surface area contributed by atoms with Gasteiger partial charge in [-0.2, -0.15) is 5.10 Å². The van der Waals surface area contributed by atoms with Crippen LogP contribution in [0.2, 0.25) is 0 Å². The maximum Gasteiger partial charge on any atom is 0.329 e. The summed E-state index contributed by atoms with van der Waals surface area (Å²) in [6.07, 6.45) is 1.45. The summed E-state index contributed by atoms with van der Waals surface area (Å²) in [4.78, 5) is 23.6. The molecule has 2 aromatic carbocycles. The van der Waals surface area contributed by atoms with Crippen molar-refractivity contribution in [3.8, 4) is 5.75 Å². The fourth-order valence-electron chi connectivity index (χ4n) is 1.99. The molecule has 0 aliphatic rings. The summed E-state index contributed by atoms with van der Waals surface area (Å²) in [5.41, 5.74) is 3.89. The molecule has 2 N–H and O–H groups in total. The number of rotatable bonds is 5. The second kappa shape index (κ2) is 8.47. The van der Waals surface area contributed by atoms with Gasteiger partial charge in [0.1, 0.15) is 5.75 Å².